The highest BCUT2D eigenvalue weighted by Crippen LogP contribution is 2.38. The minimum atomic E-state index is -1.94. The van der Waals surface area contributed by atoms with Gasteiger partial charge in [-0.2, -0.15) is 0 Å². The van der Waals surface area contributed by atoms with E-state index in [0.29, 0.717) is 43.8 Å². The van der Waals surface area contributed by atoms with Gasteiger partial charge in [0.1, 0.15) is 35.1 Å². The van der Waals surface area contributed by atoms with Gasteiger partial charge in [0.15, 0.2) is 5.72 Å². The lowest BCUT2D eigenvalue weighted by atomic mass is 9.81. The molecule has 2 aliphatic heterocycles. The van der Waals surface area contributed by atoms with Gasteiger partial charge in [-0.3, -0.25) is 24.5 Å². The zero-order valence-corrected chi connectivity index (χ0v) is 40.6. The Hall–Kier alpha value is -4.36. The molecule has 0 spiro atoms. The van der Waals surface area contributed by atoms with Gasteiger partial charge in [-0.15, -0.1) is 11.8 Å². The monoisotopic (exact) mass is 937 g/mol. The quantitative estimate of drug-likeness (QED) is 0.122. The van der Waals surface area contributed by atoms with Crippen LogP contribution in [0.3, 0.4) is 0 Å². The van der Waals surface area contributed by atoms with Gasteiger partial charge in [0, 0.05) is 58.3 Å². The number of fused-ring (bicyclic) bond motifs is 4. The van der Waals surface area contributed by atoms with Gasteiger partial charge in [-0.25, -0.2) is 9.59 Å². The molecule has 2 aliphatic rings. The number of nitrogens with one attached hydrogen (secondary N) is 3. The van der Waals surface area contributed by atoms with Crippen molar-refractivity contribution in [1.82, 2.24) is 20.9 Å². The van der Waals surface area contributed by atoms with Crippen LogP contribution in [0.15, 0.2) is 35.9 Å². The molecule has 7 atom stereocenters. The van der Waals surface area contributed by atoms with Gasteiger partial charge in [0.25, 0.3) is 0 Å². The number of carbonyl (C=O) groups is 6. The Morgan fingerprint density at radius 1 is 1.12 bits per heavy atom. The Kier molecular flexibility index (Phi) is 20.0. The second-order valence-electron chi connectivity index (χ2n) is 17.5. The van der Waals surface area contributed by atoms with Crippen molar-refractivity contribution in [2.45, 2.75) is 134 Å². The standard InChI is InChI=1S/C45H68ClN5O12S/c1-12-36(52)47-18-19-48-37(53)26-64-43(5,6)17-16-38(54)50(8)29(4)41(56)63-35-23-39(55)51(9)31-21-30(22-32(60-10)40(31)46)20-27(2)14-13-15-34(61-11)45(59)25-33(62-42(57)49-45)28(3)24-44(35,7)58/h13-15,21-22,28-29,33-35,58-59H,12,16-20,23-26H2,1-11H3,(H,47,52)(H,48,53)(H,49,57)/b15-13+,27-14+/t28-,29-,33-,34+,35-,44+,45-/m0/s1. The van der Waals surface area contributed by atoms with E-state index in [-0.39, 0.29) is 47.8 Å². The number of thioether (sulfide) groups is 1. The molecule has 64 heavy (non-hydrogen) atoms. The fourth-order valence-electron chi connectivity index (χ4n) is 7.36. The van der Waals surface area contributed by atoms with Crippen LogP contribution in [0.2, 0.25) is 5.02 Å². The van der Waals surface area contributed by atoms with E-state index in [9.17, 15) is 39.0 Å². The Morgan fingerprint density at radius 2 is 1.78 bits per heavy atom. The third-order valence-corrected chi connectivity index (χ3v) is 13.4. The molecule has 358 valence electrons. The lowest BCUT2D eigenvalue weighted by Crippen LogP contribution is -2.63. The van der Waals surface area contributed by atoms with E-state index in [4.69, 9.17) is 30.5 Å². The minimum absolute atomic E-state index is 0.0420. The molecule has 4 bridgehead atoms. The van der Waals surface area contributed by atoms with E-state index in [2.05, 4.69) is 16.0 Å². The maximum atomic E-state index is 14.2. The highest BCUT2D eigenvalue weighted by molar-refractivity contribution is 8.01. The van der Waals surface area contributed by atoms with Crippen LogP contribution in [0.4, 0.5) is 10.5 Å². The minimum Gasteiger partial charge on any atom is -0.495 e. The van der Waals surface area contributed by atoms with E-state index in [1.807, 2.05) is 26.8 Å². The molecule has 0 aliphatic carbocycles. The van der Waals surface area contributed by atoms with Crippen molar-refractivity contribution in [3.8, 4) is 5.75 Å². The molecule has 19 heteroatoms. The Labute approximate surface area is 386 Å². The van der Waals surface area contributed by atoms with E-state index in [1.54, 1.807) is 38.1 Å². The van der Waals surface area contributed by atoms with Crippen LogP contribution in [0.25, 0.3) is 0 Å². The lowest BCUT2D eigenvalue weighted by molar-refractivity contribution is -0.176. The number of carbonyl (C=O) groups excluding carboxylic acids is 6. The zero-order chi connectivity index (χ0) is 48.2. The molecule has 3 rings (SSSR count). The summed E-state index contributed by atoms with van der Waals surface area (Å²) in [4.78, 5) is 80.9. The summed E-state index contributed by atoms with van der Waals surface area (Å²) in [6, 6.07) is 2.34. The smallest absolute Gasteiger partial charge is 0.409 e. The second kappa shape index (κ2) is 23.7. The first-order valence-electron chi connectivity index (χ1n) is 21.4. The summed E-state index contributed by atoms with van der Waals surface area (Å²) in [7, 11) is 5.82. The summed E-state index contributed by atoms with van der Waals surface area (Å²) < 4.78 is 22.3. The van der Waals surface area contributed by atoms with E-state index < -0.39 is 70.7 Å². The number of hydrogen-bond acceptors (Lipinski definition) is 13. The third kappa shape index (κ3) is 15.4. The molecular weight excluding hydrogens is 870 g/mol. The molecule has 2 heterocycles. The second-order valence-corrected chi connectivity index (χ2v) is 19.5. The number of alkyl carbamates (subject to hydrolysis) is 1. The maximum absolute atomic E-state index is 14.2. The Morgan fingerprint density at radius 3 is 2.41 bits per heavy atom. The van der Waals surface area contributed by atoms with Crippen LogP contribution in [0.5, 0.6) is 5.75 Å². The van der Waals surface area contributed by atoms with E-state index in [1.165, 1.54) is 63.7 Å². The highest BCUT2D eigenvalue weighted by atomic mass is 35.5. The zero-order valence-electron chi connectivity index (χ0n) is 39.0. The van der Waals surface area contributed by atoms with Crippen LogP contribution in [-0.2, 0) is 44.6 Å². The van der Waals surface area contributed by atoms with Gasteiger partial charge in [0.05, 0.1) is 30.6 Å². The van der Waals surface area contributed by atoms with Crippen LogP contribution < -0.4 is 25.6 Å². The van der Waals surface area contributed by atoms with Crippen molar-refractivity contribution >= 4 is 64.7 Å². The highest BCUT2D eigenvalue weighted by Gasteiger charge is 2.48. The predicted molar refractivity (Wildman–Crippen MR) is 245 cm³/mol. The molecule has 1 aromatic rings. The van der Waals surface area contributed by atoms with Crippen LogP contribution in [0.1, 0.15) is 92.6 Å². The lowest BCUT2D eigenvalue weighted by Gasteiger charge is -2.43. The number of esters is 1. The molecule has 1 fully saturated rings. The first kappa shape index (κ1) is 54.0. The van der Waals surface area contributed by atoms with Crippen LogP contribution in [-0.4, -0.2) is 138 Å². The SMILES string of the molecule is CCC(=O)NCCNC(=O)CSC(C)(C)CCC(=O)N(C)[C@@H](C)C(=O)O[C@H]1CC(=O)N(C)c2cc(cc(OC)c2Cl)C/C(C)=C/C=C/[C@@H](OC)[C@@]2(O)C[C@H](OC(=O)N2)[C@@H](C)C[C@@]1(C)O. The molecule has 1 aromatic carbocycles. The molecule has 5 amide bonds. The number of benzene rings is 1. The van der Waals surface area contributed by atoms with Crippen molar-refractivity contribution in [2.75, 3.05) is 52.1 Å². The summed E-state index contributed by atoms with van der Waals surface area (Å²) in [5.41, 5.74) is -1.89. The largest absolute Gasteiger partial charge is 0.495 e. The molecule has 0 aromatic heterocycles. The summed E-state index contributed by atoms with van der Waals surface area (Å²) in [5.74, 6) is -2.34. The number of anilines is 1. The number of nitrogens with zero attached hydrogens (tertiary/aromatic N) is 2. The number of allylic oxidation sites excluding steroid dienone is 3. The molecular formula is C45H68ClN5O12S. The Balaban J connectivity index is 1.88. The average Bonchev–Trinajstić information content (AvgIpc) is 3.23. The number of rotatable bonds is 15. The predicted octanol–water partition coefficient (Wildman–Crippen LogP) is 4.43. The summed E-state index contributed by atoms with van der Waals surface area (Å²) >= 11 is 8.14. The van der Waals surface area contributed by atoms with Crippen molar-refractivity contribution in [3.05, 3.63) is 46.5 Å². The molecule has 1 saturated heterocycles. The third-order valence-electron chi connectivity index (χ3n) is 11.6. The molecule has 5 N–H and O–H groups in total. The number of likely N-dealkylation sites (N-methyl/N-ethyl adjacent to an activating group) is 1. The fourth-order valence-corrected chi connectivity index (χ4v) is 8.54. The Bertz CT molecular complexity index is 1910. The van der Waals surface area contributed by atoms with Crippen molar-refractivity contribution in [2.24, 2.45) is 5.92 Å². The number of aliphatic hydroxyl groups is 2. The van der Waals surface area contributed by atoms with Crippen LogP contribution >= 0.6 is 23.4 Å². The molecule has 0 unspecified atom stereocenters. The van der Waals surface area contributed by atoms with Crippen LogP contribution in [0, 0.1) is 5.92 Å². The van der Waals surface area contributed by atoms with Crippen molar-refractivity contribution in [3.63, 3.8) is 0 Å². The summed E-state index contributed by atoms with van der Waals surface area (Å²) in [5, 5.41) is 32.1. The number of hydrogen-bond donors (Lipinski definition) is 5. The van der Waals surface area contributed by atoms with Crippen molar-refractivity contribution in [1.29, 1.82) is 0 Å². The van der Waals surface area contributed by atoms with Gasteiger partial charge in [-0.1, -0.05) is 63.1 Å². The van der Waals surface area contributed by atoms with Gasteiger partial charge < -0.3 is 49.6 Å². The first-order valence-corrected chi connectivity index (χ1v) is 22.8. The number of methoxy groups -OCH3 is 2. The number of amides is 5. The molecule has 0 radical (unpaired) electrons. The fraction of sp³-hybridized carbons (Fsp3) is 0.644. The summed E-state index contributed by atoms with van der Waals surface area (Å²) in [6.45, 7) is 12.7. The topological polar surface area (TPSA) is 222 Å². The van der Waals surface area contributed by atoms with E-state index in [0.717, 1.165) is 11.1 Å². The van der Waals surface area contributed by atoms with Gasteiger partial charge in [0.2, 0.25) is 23.6 Å². The van der Waals surface area contributed by atoms with Crippen molar-refractivity contribution < 1.29 is 57.9 Å². The maximum Gasteiger partial charge on any atom is 0.409 e. The first-order chi connectivity index (χ1) is 29.9. The van der Waals surface area contributed by atoms with E-state index >= 15 is 0 Å². The van der Waals surface area contributed by atoms with Gasteiger partial charge in [-0.05, 0) is 63.6 Å². The molecule has 0 saturated carbocycles. The molecule has 17 nitrogen and oxygen atoms in total. The summed E-state index contributed by atoms with van der Waals surface area (Å²) in [6.07, 6.45) is 1.17. The normalized spacial score (nSPS) is 26.3. The number of halogens is 1. The van der Waals surface area contributed by atoms with Gasteiger partial charge >= 0.3 is 12.1 Å². The number of ether oxygens (including phenoxy) is 4. The average molecular weight is 939 g/mol.